The van der Waals surface area contributed by atoms with Gasteiger partial charge >= 0.3 is 18.0 Å². The van der Waals surface area contributed by atoms with Crippen molar-refractivity contribution >= 4 is 18.0 Å². The first-order valence-electron chi connectivity index (χ1n) is 14.6. The van der Waals surface area contributed by atoms with E-state index in [0.29, 0.717) is 30.4 Å². The zero-order valence-corrected chi connectivity index (χ0v) is 24.2. The molecule has 1 saturated heterocycles. The Morgan fingerprint density at radius 1 is 0.977 bits per heavy atom. The number of carbonyl (C=O) groups is 3. The highest BCUT2D eigenvalue weighted by molar-refractivity contribution is 6.01. The summed E-state index contributed by atoms with van der Waals surface area (Å²) in [4.78, 5) is 42.6. The first kappa shape index (κ1) is 30.2. The molecule has 3 aliphatic rings. The molecule has 5 rings (SSSR count). The summed E-state index contributed by atoms with van der Waals surface area (Å²) >= 11 is 0. The molecule has 43 heavy (non-hydrogen) atoms. The van der Waals surface area contributed by atoms with Crippen LogP contribution in [0.5, 0.6) is 0 Å². The van der Waals surface area contributed by atoms with E-state index in [2.05, 4.69) is 33.7 Å². The van der Waals surface area contributed by atoms with Gasteiger partial charge in [0.05, 0.1) is 24.3 Å². The number of benzene rings is 2. The maximum absolute atomic E-state index is 14.2. The van der Waals surface area contributed by atoms with Crippen LogP contribution in [-0.2, 0) is 9.53 Å². The van der Waals surface area contributed by atoms with Gasteiger partial charge in [-0.25, -0.2) is 28.1 Å². The van der Waals surface area contributed by atoms with E-state index in [0.717, 1.165) is 55.8 Å². The fourth-order valence-electron chi connectivity index (χ4n) is 6.58. The van der Waals surface area contributed by atoms with E-state index in [9.17, 15) is 23.2 Å². The second-order valence-electron chi connectivity index (χ2n) is 11.4. The quantitative estimate of drug-likeness (QED) is 0.459. The van der Waals surface area contributed by atoms with Crippen LogP contribution in [-0.4, -0.2) is 60.1 Å². The third kappa shape index (κ3) is 6.39. The SMILES string of the molecule is COC(=O)C1=C(C)NC(=O)N(C(=O)NC2CCN(C3CCC(c4ccc(C#N)cc4)CC3)CC2)C1c1ccc(F)c(F)c1. The molecular weight excluding hydrogens is 556 g/mol. The average molecular weight is 592 g/mol. The summed E-state index contributed by atoms with van der Waals surface area (Å²) in [5, 5.41) is 14.5. The monoisotopic (exact) mass is 591 g/mol. The molecule has 2 N–H and O–H groups in total. The van der Waals surface area contributed by atoms with Gasteiger partial charge in [0.15, 0.2) is 11.6 Å². The number of likely N-dealkylation sites (tertiary alicyclic amines) is 1. The molecule has 1 unspecified atom stereocenters. The fraction of sp³-hybridized carbons (Fsp3) is 0.438. The number of piperidine rings is 1. The van der Waals surface area contributed by atoms with Crippen LogP contribution in [0.15, 0.2) is 53.7 Å². The van der Waals surface area contributed by atoms with Crippen LogP contribution < -0.4 is 10.6 Å². The van der Waals surface area contributed by atoms with Gasteiger partial charge in [-0.05, 0) is 86.8 Å². The summed E-state index contributed by atoms with van der Waals surface area (Å²) in [7, 11) is 1.17. The van der Waals surface area contributed by atoms with Crippen LogP contribution in [0.3, 0.4) is 0 Å². The number of nitriles is 1. The number of methoxy groups -OCH3 is 1. The normalized spacial score (nSPS) is 23.4. The van der Waals surface area contributed by atoms with Crippen LogP contribution in [0.2, 0.25) is 0 Å². The van der Waals surface area contributed by atoms with Crippen LogP contribution in [0.4, 0.5) is 18.4 Å². The highest BCUT2D eigenvalue weighted by atomic mass is 19.2. The summed E-state index contributed by atoms with van der Waals surface area (Å²) in [5.74, 6) is -2.56. The zero-order valence-electron chi connectivity index (χ0n) is 24.2. The largest absolute Gasteiger partial charge is 0.466 e. The number of rotatable bonds is 5. The van der Waals surface area contributed by atoms with E-state index in [1.807, 2.05) is 12.1 Å². The van der Waals surface area contributed by atoms with Crippen molar-refractivity contribution in [3.05, 3.63) is 82.1 Å². The maximum Gasteiger partial charge on any atom is 0.337 e. The number of nitrogens with one attached hydrogen (secondary N) is 2. The number of imide groups is 1. The van der Waals surface area contributed by atoms with Gasteiger partial charge in [0.1, 0.15) is 6.04 Å². The number of hydrogen-bond donors (Lipinski definition) is 2. The molecule has 1 saturated carbocycles. The summed E-state index contributed by atoms with van der Waals surface area (Å²) in [6.45, 7) is 3.07. The van der Waals surface area contributed by atoms with Gasteiger partial charge < -0.3 is 20.3 Å². The summed E-state index contributed by atoms with van der Waals surface area (Å²) < 4.78 is 32.9. The Morgan fingerprint density at radius 2 is 1.63 bits per heavy atom. The molecule has 4 amide bonds. The lowest BCUT2D eigenvalue weighted by atomic mass is 9.80. The predicted octanol–water partition coefficient (Wildman–Crippen LogP) is 5.25. The minimum atomic E-state index is -1.30. The van der Waals surface area contributed by atoms with Crippen LogP contribution in [0, 0.1) is 23.0 Å². The molecular formula is C32H35F2N5O4. The molecule has 2 aromatic carbocycles. The van der Waals surface area contributed by atoms with E-state index in [4.69, 9.17) is 10.00 Å². The van der Waals surface area contributed by atoms with Crippen molar-refractivity contribution in [1.82, 2.24) is 20.4 Å². The molecule has 0 spiro atoms. The van der Waals surface area contributed by atoms with Gasteiger partial charge in [0.25, 0.3) is 0 Å². The average Bonchev–Trinajstić information content (AvgIpc) is 3.02. The van der Waals surface area contributed by atoms with Crippen LogP contribution in [0.1, 0.15) is 74.1 Å². The molecule has 11 heteroatoms. The number of carbonyl (C=O) groups excluding carboxylic acids is 3. The number of hydrogen-bond acceptors (Lipinski definition) is 6. The molecule has 9 nitrogen and oxygen atoms in total. The van der Waals surface area contributed by atoms with E-state index >= 15 is 0 Å². The predicted molar refractivity (Wildman–Crippen MR) is 153 cm³/mol. The number of halogens is 2. The standard InChI is InChI=1S/C32H35F2N5O4/c1-19-28(30(40)43-2)29(23-9-12-26(33)27(34)17-23)39(31(41)36-19)32(42)37-24-13-15-38(16-14-24)25-10-7-22(8-11-25)21-5-3-20(18-35)4-6-21/h3-6,9,12,17,22,24-25,29H,7-8,10-11,13-16H2,1-2H3,(H,36,41)(H,37,42). The molecule has 0 aromatic heterocycles. The Labute approximate surface area is 249 Å². The molecule has 1 aliphatic carbocycles. The van der Waals surface area contributed by atoms with Gasteiger partial charge in [-0.15, -0.1) is 0 Å². The summed E-state index contributed by atoms with van der Waals surface area (Å²) in [6, 6.07) is 10.5. The summed E-state index contributed by atoms with van der Waals surface area (Å²) in [6.07, 6.45) is 5.69. The molecule has 2 heterocycles. The first-order valence-corrected chi connectivity index (χ1v) is 14.6. The van der Waals surface area contributed by atoms with Crippen molar-refractivity contribution in [1.29, 1.82) is 5.26 Å². The van der Waals surface area contributed by atoms with Crippen molar-refractivity contribution in [3.8, 4) is 6.07 Å². The van der Waals surface area contributed by atoms with Gasteiger partial charge in [-0.2, -0.15) is 5.26 Å². The molecule has 2 aromatic rings. The highest BCUT2D eigenvalue weighted by Crippen LogP contribution is 2.37. The van der Waals surface area contributed by atoms with E-state index in [1.54, 1.807) is 0 Å². The van der Waals surface area contributed by atoms with E-state index in [1.165, 1.54) is 25.7 Å². The number of amides is 4. The fourth-order valence-corrected chi connectivity index (χ4v) is 6.58. The molecule has 1 atom stereocenters. The first-order chi connectivity index (χ1) is 20.7. The van der Waals surface area contributed by atoms with Crippen molar-refractivity contribution in [3.63, 3.8) is 0 Å². The second-order valence-corrected chi connectivity index (χ2v) is 11.4. The molecule has 2 fully saturated rings. The molecule has 0 bridgehead atoms. The lowest BCUT2D eigenvalue weighted by molar-refractivity contribution is -0.136. The second kappa shape index (κ2) is 12.9. The maximum atomic E-state index is 14.2. The number of urea groups is 2. The molecule has 226 valence electrons. The smallest absolute Gasteiger partial charge is 0.337 e. The minimum absolute atomic E-state index is 0.0466. The number of ether oxygens (including phenoxy) is 1. The van der Waals surface area contributed by atoms with Crippen LogP contribution >= 0.6 is 0 Å². The Hall–Kier alpha value is -4.30. The Balaban J connectivity index is 1.22. The lowest BCUT2D eigenvalue weighted by Gasteiger charge is -2.42. The molecule has 2 aliphatic heterocycles. The van der Waals surface area contributed by atoms with E-state index in [-0.39, 0.29) is 22.9 Å². The third-order valence-corrected chi connectivity index (χ3v) is 8.91. The van der Waals surface area contributed by atoms with Gasteiger partial charge in [-0.3, -0.25) is 0 Å². The van der Waals surface area contributed by atoms with Gasteiger partial charge in [-0.1, -0.05) is 18.2 Å². The number of allylic oxidation sites excluding steroid dienone is 1. The topological polar surface area (TPSA) is 115 Å². The zero-order chi connectivity index (χ0) is 30.7. The Kier molecular flexibility index (Phi) is 9.06. The number of nitrogens with zero attached hydrogens (tertiary/aromatic N) is 3. The van der Waals surface area contributed by atoms with Crippen molar-refractivity contribution in [2.24, 2.45) is 0 Å². The van der Waals surface area contributed by atoms with Crippen molar-refractivity contribution < 1.29 is 27.9 Å². The summed E-state index contributed by atoms with van der Waals surface area (Å²) in [5.41, 5.74) is 2.13. The highest BCUT2D eigenvalue weighted by Gasteiger charge is 2.43. The molecule has 0 radical (unpaired) electrons. The van der Waals surface area contributed by atoms with Gasteiger partial charge in [0.2, 0.25) is 0 Å². The van der Waals surface area contributed by atoms with Crippen molar-refractivity contribution in [2.45, 2.75) is 69.5 Å². The van der Waals surface area contributed by atoms with Gasteiger partial charge in [0, 0.05) is 30.9 Å². The Bertz CT molecular complexity index is 1460. The Morgan fingerprint density at radius 3 is 2.23 bits per heavy atom. The number of esters is 1. The van der Waals surface area contributed by atoms with Crippen molar-refractivity contribution in [2.75, 3.05) is 20.2 Å². The van der Waals surface area contributed by atoms with E-state index < -0.39 is 35.7 Å². The minimum Gasteiger partial charge on any atom is -0.466 e. The lowest BCUT2D eigenvalue weighted by Crippen LogP contribution is -2.57. The third-order valence-electron chi connectivity index (χ3n) is 8.91. The van der Waals surface area contributed by atoms with Crippen LogP contribution in [0.25, 0.3) is 0 Å².